The number of hydrogen-bond acceptors (Lipinski definition) is 6. The minimum absolute atomic E-state index is 0.203. The van der Waals surface area contributed by atoms with Crippen molar-refractivity contribution < 1.29 is 14.1 Å². The van der Waals surface area contributed by atoms with Crippen molar-refractivity contribution in [2.45, 2.75) is 26.9 Å². The van der Waals surface area contributed by atoms with Gasteiger partial charge in [-0.15, -0.1) is 0 Å². The van der Waals surface area contributed by atoms with Gasteiger partial charge in [0.25, 0.3) is 5.91 Å². The Kier molecular flexibility index (Phi) is 6.28. The van der Waals surface area contributed by atoms with Crippen LogP contribution in [0.15, 0.2) is 47.2 Å². The molecule has 30 heavy (non-hydrogen) atoms. The Morgan fingerprint density at radius 1 is 1.37 bits per heavy atom. The van der Waals surface area contributed by atoms with E-state index in [1.54, 1.807) is 18.5 Å². The van der Waals surface area contributed by atoms with Crippen molar-refractivity contribution in [2.24, 2.45) is 11.8 Å². The van der Waals surface area contributed by atoms with Gasteiger partial charge in [-0.05, 0) is 36.9 Å². The molecule has 2 aromatic heterocycles. The van der Waals surface area contributed by atoms with Crippen LogP contribution < -0.4 is 10.1 Å². The molecule has 1 aliphatic heterocycles. The van der Waals surface area contributed by atoms with Crippen molar-refractivity contribution in [2.75, 3.05) is 26.2 Å². The van der Waals surface area contributed by atoms with Gasteiger partial charge in [-0.3, -0.25) is 9.78 Å². The first-order valence-electron chi connectivity index (χ1n) is 10.5. The average Bonchev–Trinajstić information content (AvgIpc) is 3.39. The maximum Gasteiger partial charge on any atom is 0.273 e. The summed E-state index contributed by atoms with van der Waals surface area (Å²) < 4.78 is 11.2. The van der Waals surface area contributed by atoms with Crippen molar-refractivity contribution >= 4 is 16.7 Å². The molecule has 3 aromatic rings. The van der Waals surface area contributed by atoms with Crippen LogP contribution in [-0.2, 0) is 6.61 Å². The smallest absolute Gasteiger partial charge is 0.273 e. The van der Waals surface area contributed by atoms with Gasteiger partial charge in [0.15, 0.2) is 11.5 Å². The molecular formula is C23H28N4O3. The van der Waals surface area contributed by atoms with Crippen LogP contribution in [-0.4, -0.2) is 47.1 Å². The van der Waals surface area contributed by atoms with E-state index in [-0.39, 0.29) is 18.2 Å². The van der Waals surface area contributed by atoms with Gasteiger partial charge < -0.3 is 19.5 Å². The van der Waals surface area contributed by atoms with E-state index >= 15 is 0 Å². The van der Waals surface area contributed by atoms with Crippen molar-refractivity contribution in [1.29, 1.82) is 0 Å². The number of hydrogen-bond donors (Lipinski definition) is 1. The minimum Gasteiger partial charge on any atom is -0.485 e. The lowest BCUT2D eigenvalue weighted by Crippen LogP contribution is -2.32. The van der Waals surface area contributed by atoms with Crippen LogP contribution >= 0.6 is 0 Å². The summed E-state index contributed by atoms with van der Waals surface area (Å²) in [5.41, 5.74) is 0.285. The highest BCUT2D eigenvalue weighted by molar-refractivity contribution is 5.92. The van der Waals surface area contributed by atoms with Crippen LogP contribution in [0.2, 0.25) is 0 Å². The van der Waals surface area contributed by atoms with E-state index in [1.807, 2.05) is 24.3 Å². The number of fused-ring (bicyclic) bond motifs is 1. The Balaban J connectivity index is 1.28. The summed E-state index contributed by atoms with van der Waals surface area (Å²) in [7, 11) is 0. The molecule has 1 saturated heterocycles. The summed E-state index contributed by atoms with van der Waals surface area (Å²) in [6, 6.07) is 9.36. The molecule has 1 fully saturated rings. The number of carbonyl (C=O) groups is 1. The molecule has 7 heteroatoms. The molecule has 0 unspecified atom stereocenters. The first kappa shape index (κ1) is 20.3. The summed E-state index contributed by atoms with van der Waals surface area (Å²) in [5, 5.41) is 8.88. The van der Waals surface area contributed by atoms with Gasteiger partial charge >= 0.3 is 0 Å². The van der Waals surface area contributed by atoms with E-state index in [1.165, 1.54) is 0 Å². The van der Waals surface area contributed by atoms with Crippen molar-refractivity contribution in [3.63, 3.8) is 0 Å². The molecule has 0 bridgehead atoms. The van der Waals surface area contributed by atoms with Gasteiger partial charge in [0.1, 0.15) is 12.4 Å². The number of rotatable bonds is 8. The zero-order valence-electron chi connectivity index (χ0n) is 17.5. The summed E-state index contributed by atoms with van der Waals surface area (Å²) in [5.74, 6) is 2.20. The predicted molar refractivity (Wildman–Crippen MR) is 114 cm³/mol. The Labute approximate surface area is 176 Å². The third kappa shape index (κ3) is 4.97. The lowest BCUT2D eigenvalue weighted by molar-refractivity contribution is 0.0938. The standard InChI is InChI=1S/C23H28N4O3/c1-16(2)13-27-9-7-17(14-27)11-25-23(28)21-10-19(30-26-21)15-29-22-5-3-4-18-12-24-8-6-20(18)22/h3-6,8,10,12,16-17H,7,9,11,13-15H2,1-2H3,(H,25,28)/t17-/m1/s1. The zero-order chi connectivity index (χ0) is 20.9. The molecule has 7 nitrogen and oxygen atoms in total. The maximum atomic E-state index is 12.4. The SMILES string of the molecule is CC(C)CN1CC[C@H](CNC(=O)c2cc(COc3cccc4cnccc34)on2)C1. The summed E-state index contributed by atoms with van der Waals surface area (Å²) in [4.78, 5) is 19.0. The molecule has 1 atom stereocenters. The monoisotopic (exact) mass is 408 g/mol. The van der Waals surface area contributed by atoms with Gasteiger partial charge in [-0.25, -0.2) is 0 Å². The fraction of sp³-hybridized carbons (Fsp3) is 0.435. The topological polar surface area (TPSA) is 80.5 Å². The summed E-state index contributed by atoms with van der Waals surface area (Å²) >= 11 is 0. The molecule has 1 N–H and O–H groups in total. The van der Waals surface area contributed by atoms with Crippen LogP contribution in [0.1, 0.15) is 36.5 Å². The van der Waals surface area contributed by atoms with E-state index in [4.69, 9.17) is 9.26 Å². The van der Waals surface area contributed by atoms with E-state index in [0.29, 0.717) is 24.1 Å². The number of benzene rings is 1. The molecule has 0 aliphatic carbocycles. The molecule has 1 aliphatic rings. The predicted octanol–water partition coefficient (Wildman–Crippen LogP) is 3.51. The first-order chi connectivity index (χ1) is 14.6. The first-order valence-corrected chi connectivity index (χ1v) is 10.5. The van der Waals surface area contributed by atoms with E-state index in [0.717, 1.165) is 42.6 Å². The highest BCUT2D eigenvalue weighted by atomic mass is 16.5. The fourth-order valence-electron chi connectivity index (χ4n) is 3.94. The number of likely N-dealkylation sites (tertiary alicyclic amines) is 1. The number of nitrogens with one attached hydrogen (secondary N) is 1. The normalized spacial score (nSPS) is 17.0. The number of aromatic nitrogens is 2. The molecule has 0 saturated carbocycles. The van der Waals surface area contributed by atoms with Gasteiger partial charge in [0, 0.05) is 48.9 Å². The van der Waals surface area contributed by atoms with Gasteiger partial charge in [0.05, 0.1) is 0 Å². The Morgan fingerprint density at radius 3 is 3.13 bits per heavy atom. The number of amides is 1. The Hall–Kier alpha value is -2.93. The molecule has 4 rings (SSSR count). The Bertz CT molecular complexity index is 996. The molecule has 0 radical (unpaired) electrons. The number of carbonyl (C=O) groups excluding carboxylic acids is 1. The van der Waals surface area contributed by atoms with Crippen molar-refractivity contribution in [3.05, 3.63) is 54.2 Å². The maximum absolute atomic E-state index is 12.4. The van der Waals surface area contributed by atoms with Crippen LogP contribution in [0, 0.1) is 11.8 Å². The lowest BCUT2D eigenvalue weighted by atomic mass is 10.1. The van der Waals surface area contributed by atoms with Gasteiger partial charge in [-0.2, -0.15) is 0 Å². The minimum atomic E-state index is -0.205. The second-order valence-corrected chi connectivity index (χ2v) is 8.34. The third-order valence-corrected chi connectivity index (χ3v) is 5.35. The molecular weight excluding hydrogens is 380 g/mol. The number of nitrogens with zero attached hydrogens (tertiary/aromatic N) is 3. The molecule has 3 heterocycles. The van der Waals surface area contributed by atoms with Crippen LogP contribution in [0.25, 0.3) is 10.8 Å². The Morgan fingerprint density at radius 2 is 2.27 bits per heavy atom. The molecule has 0 spiro atoms. The van der Waals surface area contributed by atoms with E-state index in [2.05, 4.69) is 34.2 Å². The number of pyridine rings is 1. The summed E-state index contributed by atoms with van der Waals surface area (Å²) in [6.07, 6.45) is 4.65. The third-order valence-electron chi connectivity index (χ3n) is 5.35. The van der Waals surface area contributed by atoms with Gasteiger partial charge in [0.2, 0.25) is 0 Å². The highest BCUT2D eigenvalue weighted by Crippen LogP contribution is 2.25. The number of ether oxygens (including phenoxy) is 1. The molecule has 1 amide bonds. The average molecular weight is 409 g/mol. The molecule has 158 valence electrons. The second-order valence-electron chi connectivity index (χ2n) is 8.34. The zero-order valence-corrected chi connectivity index (χ0v) is 17.5. The summed E-state index contributed by atoms with van der Waals surface area (Å²) in [6.45, 7) is 8.59. The second kappa shape index (κ2) is 9.26. The lowest BCUT2D eigenvalue weighted by Gasteiger charge is -2.18. The van der Waals surface area contributed by atoms with Crippen LogP contribution in [0.5, 0.6) is 5.75 Å². The van der Waals surface area contributed by atoms with Crippen molar-refractivity contribution in [1.82, 2.24) is 20.4 Å². The largest absolute Gasteiger partial charge is 0.485 e. The van der Waals surface area contributed by atoms with Crippen LogP contribution in [0.3, 0.4) is 0 Å². The van der Waals surface area contributed by atoms with Gasteiger partial charge in [-0.1, -0.05) is 31.1 Å². The highest BCUT2D eigenvalue weighted by Gasteiger charge is 2.24. The fourth-order valence-corrected chi connectivity index (χ4v) is 3.94. The quantitative estimate of drug-likeness (QED) is 0.614. The van der Waals surface area contributed by atoms with E-state index in [9.17, 15) is 4.79 Å². The van der Waals surface area contributed by atoms with Crippen molar-refractivity contribution in [3.8, 4) is 5.75 Å². The van der Waals surface area contributed by atoms with Crippen LogP contribution in [0.4, 0.5) is 0 Å². The molecule has 1 aromatic carbocycles. The van der Waals surface area contributed by atoms with E-state index < -0.39 is 0 Å².